The molecule has 4 heterocycles. The van der Waals surface area contributed by atoms with E-state index in [-0.39, 0.29) is 5.52 Å². The number of aromatic amines is 1. The molecule has 3 aromatic heterocycles. The Kier molecular flexibility index (Phi) is 5.71. The number of H-pyrrole nitrogens is 1. The molecule has 5 rings (SSSR count). The Morgan fingerprint density at radius 3 is 2.38 bits per heavy atom. The third-order valence-electron chi connectivity index (χ3n) is 8.16. The molecule has 11 heteroatoms. The third kappa shape index (κ3) is 3.74. The van der Waals surface area contributed by atoms with Gasteiger partial charge in [0.05, 0.1) is 16.9 Å². The van der Waals surface area contributed by atoms with Crippen molar-refractivity contribution >= 4 is 28.0 Å². The van der Waals surface area contributed by atoms with E-state index in [1.807, 2.05) is 46.8 Å². The summed E-state index contributed by atoms with van der Waals surface area (Å²) in [4.78, 5) is 24.0. The predicted octanol–water partition coefficient (Wildman–Crippen LogP) is 3.67. The highest BCUT2D eigenvalue weighted by atomic mass is 32.2. The quantitative estimate of drug-likeness (QED) is 0.520. The van der Waals surface area contributed by atoms with Crippen molar-refractivity contribution in [1.82, 2.24) is 18.9 Å². The molecule has 194 valence electrons. The summed E-state index contributed by atoms with van der Waals surface area (Å²) >= 11 is 0. The highest BCUT2D eigenvalue weighted by molar-refractivity contribution is 7.91. The molecule has 1 aliphatic carbocycles. The summed E-state index contributed by atoms with van der Waals surface area (Å²) < 4.78 is 41.2. The highest BCUT2D eigenvalue weighted by Gasteiger charge is 2.56. The van der Waals surface area contributed by atoms with Crippen LogP contribution in [0.2, 0.25) is 0 Å². The van der Waals surface area contributed by atoms with Crippen molar-refractivity contribution in [3.63, 3.8) is 0 Å². The molecule has 1 saturated heterocycles. The van der Waals surface area contributed by atoms with Gasteiger partial charge in [-0.3, -0.25) is 4.79 Å². The molecule has 2 atom stereocenters. The lowest BCUT2D eigenvalue weighted by molar-refractivity contribution is 0.00578. The molecule has 0 amide bonds. The topological polar surface area (TPSA) is 116 Å². The van der Waals surface area contributed by atoms with Crippen LogP contribution in [0.15, 0.2) is 64.9 Å². The smallest absolute Gasteiger partial charge is 0.399 e. The van der Waals surface area contributed by atoms with Gasteiger partial charge < -0.3 is 14.3 Å². The lowest BCUT2D eigenvalue weighted by atomic mass is 9.68. The van der Waals surface area contributed by atoms with Gasteiger partial charge in [0.2, 0.25) is 10.0 Å². The zero-order valence-corrected chi connectivity index (χ0v) is 22.9. The van der Waals surface area contributed by atoms with Gasteiger partial charge in [-0.05, 0) is 72.1 Å². The van der Waals surface area contributed by atoms with E-state index in [2.05, 4.69) is 15.0 Å². The Labute approximate surface area is 216 Å². The number of nitrogens with one attached hydrogen (secondary N) is 1. The van der Waals surface area contributed by atoms with E-state index in [1.54, 1.807) is 32.0 Å². The average Bonchev–Trinajstić information content (AvgIpc) is 3.34. The largest absolute Gasteiger partial charge is 0.494 e. The fourth-order valence-electron chi connectivity index (χ4n) is 5.02. The zero-order valence-electron chi connectivity index (χ0n) is 22.1. The molecule has 9 nitrogen and oxygen atoms in total. The maximum absolute atomic E-state index is 14.5. The van der Waals surface area contributed by atoms with Gasteiger partial charge in [0.15, 0.2) is 0 Å². The number of hydrogen-bond acceptors (Lipinski definition) is 7. The predicted molar refractivity (Wildman–Crippen MR) is 143 cm³/mol. The van der Waals surface area contributed by atoms with Crippen LogP contribution in [-0.2, 0) is 19.3 Å². The molecule has 37 heavy (non-hydrogen) atoms. The number of pyridine rings is 1. The minimum atomic E-state index is -4.18. The van der Waals surface area contributed by atoms with E-state index in [9.17, 15) is 13.2 Å². The minimum absolute atomic E-state index is 0.0786. The third-order valence-corrected chi connectivity index (χ3v) is 10.6. The SMILES string of the molecule is CC1=CC(B2OC(C)(C)C(C)(C)O2)=CC(c2cc(C)ncn2)C1(C)S(=O)(=O)n1ccc2cc[nH]c(=O)c21. The van der Waals surface area contributed by atoms with Crippen LogP contribution < -0.4 is 5.56 Å². The van der Waals surface area contributed by atoms with Gasteiger partial charge in [0.1, 0.15) is 16.6 Å². The van der Waals surface area contributed by atoms with Crippen molar-refractivity contribution in [2.24, 2.45) is 0 Å². The van der Waals surface area contributed by atoms with Crippen LogP contribution in [0.3, 0.4) is 0 Å². The number of rotatable bonds is 4. The molecule has 0 spiro atoms. The molecule has 3 aromatic rings. The average molecular weight is 522 g/mol. The van der Waals surface area contributed by atoms with Crippen LogP contribution >= 0.6 is 0 Å². The Balaban J connectivity index is 1.71. The second-order valence-corrected chi connectivity index (χ2v) is 13.2. The number of fused-ring (bicyclic) bond motifs is 1. The molecule has 1 fully saturated rings. The first-order chi connectivity index (χ1) is 17.2. The van der Waals surface area contributed by atoms with Crippen molar-refractivity contribution in [2.45, 2.75) is 70.3 Å². The van der Waals surface area contributed by atoms with E-state index < -0.39 is 44.6 Å². The molecular formula is C26H31BN4O5S. The normalized spacial score (nSPS) is 25.3. The second-order valence-electron chi connectivity index (χ2n) is 11.0. The van der Waals surface area contributed by atoms with Gasteiger partial charge in [-0.1, -0.05) is 17.7 Å². The summed E-state index contributed by atoms with van der Waals surface area (Å²) in [5.41, 5.74) is 1.05. The maximum Gasteiger partial charge on any atom is 0.494 e. The molecule has 0 aromatic carbocycles. The van der Waals surface area contributed by atoms with Gasteiger partial charge in [0, 0.05) is 29.4 Å². The number of nitrogens with zero attached hydrogens (tertiary/aromatic N) is 3. The Hall–Kier alpha value is -3.02. The van der Waals surface area contributed by atoms with Crippen LogP contribution in [-0.4, -0.2) is 50.4 Å². The van der Waals surface area contributed by atoms with Crippen molar-refractivity contribution < 1.29 is 17.7 Å². The second kappa shape index (κ2) is 8.24. The molecule has 0 radical (unpaired) electrons. The maximum atomic E-state index is 14.5. The lowest BCUT2D eigenvalue weighted by Crippen LogP contribution is -2.47. The van der Waals surface area contributed by atoms with E-state index in [0.717, 1.165) is 9.44 Å². The zero-order chi connectivity index (χ0) is 27.0. The molecule has 2 aliphatic rings. The van der Waals surface area contributed by atoms with Gasteiger partial charge in [0.25, 0.3) is 5.56 Å². The standard InChI is InChI=1S/C26H31BN4O5S/c1-16-12-19(27-35-24(3,4)25(5,6)36-27)14-20(21-13-17(2)29-15-30-21)26(16,7)37(33,34)31-11-9-18-8-10-28-23(32)22(18)31/h8-15,20H,1-7H3,(H,28,32). The summed E-state index contributed by atoms with van der Waals surface area (Å²) in [6.45, 7) is 13.2. The van der Waals surface area contributed by atoms with Gasteiger partial charge >= 0.3 is 7.12 Å². The first kappa shape index (κ1) is 25.6. The van der Waals surface area contributed by atoms with Crippen LogP contribution in [0.5, 0.6) is 0 Å². The summed E-state index contributed by atoms with van der Waals surface area (Å²) in [7, 11) is -4.85. The van der Waals surface area contributed by atoms with E-state index in [1.165, 1.54) is 18.7 Å². The minimum Gasteiger partial charge on any atom is -0.399 e. The van der Waals surface area contributed by atoms with Crippen molar-refractivity contribution in [1.29, 1.82) is 0 Å². The fourth-order valence-corrected chi connectivity index (χ4v) is 7.05. The van der Waals surface area contributed by atoms with Crippen LogP contribution in [0, 0.1) is 6.92 Å². The van der Waals surface area contributed by atoms with Crippen LogP contribution in [0.25, 0.3) is 10.9 Å². The van der Waals surface area contributed by atoms with Crippen molar-refractivity contribution in [3.8, 4) is 0 Å². The van der Waals surface area contributed by atoms with Crippen molar-refractivity contribution in [2.75, 3.05) is 0 Å². The molecule has 1 N–H and O–H groups in total. The Morgan fingerprint density at radius 1 is 1.05 bits per heavy atom. The lowest BCUT2D eigenvalue weighted by Gasteiger charge is -2.39. The van der Waals surface area contributed by atoms with Crippen molar-refractivity contribution in [3.05, 3.63) is 81.9 Å². The van der Waals surface area contributed by atoms with Crippen LogP contribution in [0.1, 0.15) is 58.8 Å². The first-order valence-electron chi connectivity index (χ1n) is 12.2. The van der Waals surface area contributed by atoms with E-state index in [0.29, 0.717) is 22.3 Å². The fraction of sp³-hybridized carbons (Fsp3) is 0.423. The van der Waals surface area contributed by atoms with E-state index in [4.69, 9.17) is 9.31 Å². The van der Waals surface area contributed by atoms with Gasteiger partial charge in [-0.2, -0.15) is 0 Å². The van der Waals surface area contributed by atoms with Gasteiger partial charge in [-0.25, -0.2) is 22.4 Å². The Morgan fingerprint density at radius 2 is 1.73 bits per heavy atom. The van der Waals surface area contributed by atoms with Crippen LogP contribution in [0.4, 0.5) is 0 Å². The molecular weight excluding hydrogens is 491 g/mol. The molecule has 2 unspecified atom stereocenters. The molecule has 0 bridgehead atoms. The number of allylic oxidation sites excluding steroid dienone is 3. The summed E-state index contributed by atoms with van der Waals surface area (Å²) in [6, 6.07) is 5.09. The van der Waals surface area contributed by atoms with Gasteiger partial charge in [-0.15, -0.1) is 0 Å². The molecule has 0 saturated carbocycles. The van der Waals surface area contributed by atoms with E-state index >= 15 is 0 Å². The molecule has 1 aliphatic heterocycles. The number of aryl methyl sites for hydroxylation is 1. The summed E-state index contributed by atoms with van der Waals surface area (Å²) in [5, 5.41) is 0.538. The number of aromatic nitrogens is 4. The summed E-state index contributed by atoms with van der Waals surface area (Å²) in [6.07, 6.45) is 8.05. The highest BCUT2D eigenvalue weighted by Crippen LogP contribution is 2.48. The monoisotopic (exact) mass is 522 g/mol. The first-order valence-corrected chi connectivity index (χ1v) is 13.6. The Bertz CT molecular complexity index is 1620. The number of hydrogen-bond donors (Lipinski definition) is 1. The summed E-state index contributed by atoms with van der Waals surface area (Å²) in [5.74, 6) is -0.710.